The molecule has 0 fully saturated rings. The predicted molar refractivity (Wildman–Crippen MR) is 123 cm³/mol. The van der Waals surface area contributed by atoms with Crippen LogP contribution in [0.2, 0.25) is 0 Å². The Kier molecular flexibility index (Phi) is 11.8. The maximum Gasteiger partial charge on any atom is 0.521 e. The zero-order chi connectivity index (χ0) is 23.7. The Labute approximate surface area is 194 Å². The molecule has 33 heavy (non-hydrogen) atoms. The lowest BCUT2D eigenvalue weighted by Crippen LogP contribution is -2.16. The van der Waals surface area contributed by atoms with Crippen LogP contribution in [0.1, 0.15) is 55.3 Å². The van der Waals surface area contributed by atoms with E-state index in [1.54, 1.807) is 54.6 Å². The zero-order valence-electron chi connectivity index (χ0n) is 18.7. The van der Waals surface area contributed by atoms with Crippen molar-refractivity contribution in [2.45, 2.75) is 44.9 Å². The van der Waals surface area contributed by atoms with E-state index in [-0.39, 0.29) is 17.3 Å². The molecule has 7 heteroatoms. The second kappa shape index (κ2) is 15.2. The minimum absolute atomic E-state index is 0.257. The molecule has 0 aromatic heterocycles. The van der Waals surface area contributed by atoms with Crippen molar-refractivity contribution in [1.29, 1.82) is 0 Å². The van der Waals surface area contributed by atoms with Gasteiger partial charge in [-0.2, -0.15) is 0 Å². The number of hydrogen-bond acceptors (Lipinski definition) is 7. The summed E-state index contributed by atoms with van der Waals surface area (Å²) in [7, 11) is 0. The lowest BCUT2D eigenvalue weighted by atomic mass is 10.1. The van der Waals surface area contributed by atoms with Gasteiger partial charge in [-0.25, -0.2) is 14.4 Å². The molecule has 0 heterocycles. The highest BCUT2D eigenvalue weighted by atomic mass is 16.7. The van der Waals surface area contributed by atoms with Gasteiger partial charge in [0.25, 0.3) is 0 Å². The third kappa shape index (κ3) is 11.0. The van der Waals surface area contributed by atoms with Crippen LogP contribution in [0, 0.1) is 0 Å². The summed E-state index contributed by atoms with van der Waals surface area (Å²) in [4.78, 5) is 34.5. The molecule has 0 aliphatic carbocycles. The second-order valence-corrected chi connectivity index (χ2v) is 7.27. The normalized spacial score (nSPS) is 10.2. The molecule has 0 aliphatic rings. The first-order chi connectivity index (χ1) is 16.1. The van der Waals surface area contributed by atoms with E-state index < -0.39 is 12.1 Å². The SMILES string of the molecule is C=CC(=O)OCCCCCCCCCOc1ccc(OC(=O)OC(=O)c2ccccc2)cc1. The fraction of sp³-hybridized carbons (Fsp3) is 0.346. The van der Waals surface area contributed by atoms with E-state index in [2.05, 4.69) is 11.3 Å². The number of rotatable bonds is 14. The summed E-state index contributed by atoms with van der Waals surface area (Å²) in [5.41, 5.74) is 0.268. The lowest BCUT2D eigenvalue weighted by Gasteiger charge is -2.08. The van der Waals surface area contributed by atoms with Crippen LogP contribution in [0.5, 0.6) is 11.5 Å². The van der Waals surface area contributed by atoms with Crippen LogP contribution in [0.15, 0.2) is 67.3 Å². The summed E-state index contributed by atoms with van der Waals surface area (Å²) in [5.74, 6) is -0.206. The molecule has 0 radical (unpaired) electrons. The first-order valence-corrected chi connectivity index (χ1v) is 11.1. The van der Waals surface area contributed by atoms with Gasteiger partial charge in [0.15, 0.2) is 0 Å². The lowest BCUT2D eigenvalue weighted by molar-refractivity contribution is -0.137. The summed E-state index contributed by atoms with van der Waals surface area (Å²) in [6, 6.07) is 14.8. The number of ether oxygens (including phenoxy) is 4. The Hall–Kier alpha value is -3.61. The molecule has 2 aromatic rings. The van der Waals surface area contributed by atoms with Crippen LogP contribution in [0.25, 0.3) is 0 Å². The number of esters is 2. The van der Waals surface area contributed by atoms with Crippen molar-refractivity contribution in [3.63, 3.8) is 0 Å². The molecule has 2 rings (SSSR count). The van der Waals surface area contributed by atoms with Crippen LogP contribution >= 0.6 is 0 Å². The third-order valence-corrected chi connectivity index (χ3v) is 4.68. The van der Waals surface area contributed by atoms with Crippen molar-refractivity contribution in [3.05, 3.63) is 72.8 Å². The molecule has 176 valence electrons. The van der Waals surface area contributed by atoms with Crippen molar-refractivity contribution in [2.24, 2.45) is 0 Å². The number of carbonyl (C=O) groups is 3. The number of carbonyl (C=O) groups excluding carboxylic acids is 3. The Morgan fingerprint density at radius 1 is 0.727 bits per heavy atom. The van der Waals surface area contributed by atoms with E-state index in [0.717, 1.165) is 44.9 Å². The van der Waals surface area contributed by atoms with Gasteiger partial charge in [0.1, 0.15) is 11.5 Å². The van der Waals surface area contributed by atoms with Crippen LogP contribution in [0.4, 0.5) is 4.79 Å². The van der Waals surface area contributed by atoms with E-state index >= 15 is 0 Å². The Balaban J connectivity index is 1.52. The smallest absolute Gasteiger partial charge is 0.494 e. The summed E-state index contributed by atoms with van der Waals surface area (Å²) >= 11 is 0. The number of benzene rings is 2. The molecular weight excluding hydrogens is 424 g/mol. The molecule has 0 saturated carbocycles. The van der Waals surface area contributed by atoms with Gasteiger partial charge >= 0.3 is 18.1 Å². The van der Waals surface area contributed by atoms with Crippen molar-refractivity contribution < 1.29 is 33.3 Å². The Morgan fingerprint density at radius 3 is 1.94 bits per heavy atom. The molecule has 0 aliphatic heterocycles. The van der Waals surface area contributed by atoms with Gasteiger partial charge in [-0.3, -0.25) is 0 Å². The topological polar surface area (TPSA) is 88.1 Å². The van der Waals surface area contributed by atoms with Crippen molar-refractivity contribution in [1.82, 2.24) is 0 Å². The Bertz CT molecular complexity index is 875. The molecular formula is C26H30O7. The fourth-order valence-electron chi connectivity index (χ4n) is 2.94. The van der Waals surface area contributed by atoms with Gasteiger partial charge in [0, 0.05) is 6.08 Å². The molecule has 0 saturated heterocycles. The first-order valence-electron chi connectivity index (χ1n) is 11.1. The summed E-state index contributed by atoms with van der Waals surface area (Å²) in [5, 5.41) is 0. The van der Waals surface area contributed by atoms with Crippen LogP contribution < -0.4 is 9.47 Å². The molecule has 0 amide bonds. The maximum atomic E-state index is 11.8. The summed E-state index contributed by atoms with van der Waals surface area (Å²) < 4.78 is 20.3. The molecule has 2 aromatic carbocycles. The minimum Gasteiger partial charge on any atom is -0.494 e. The van der Waals surface area contributed by atoms with Crippen LogP contribution in [-0.4, -0.2) is 31.3 Å². The molecule has 0 bridgehead atoms. The number of hydrogen-bond donors (Lipinski definition) is 0. The highest BCUT2D eigenvalue weighted by molar-refractivity contribution is 5.95. The maximum absolute atomic E-state index is 11.8. The van der Waals surface area contributed by atoms with Crippen molar-refractivity contribution in [3.8, 4) is 11.5 Å². The second-order valence-electron chi connectivity index (χ2n) is 7.27. The van der Waals surface area contributed by atoms with E-state index in [1.165, 1.54) is 6.08 Å². The summed E-state index contributed by atoms with van der Waals surface area (Å²) in [6.07, 6.45) is 7.43. The van der Waals surface area contributed by atoms with Gasteiger partial charge in [-0.1, -0.05) is 56.9 Å². The molecule has 0 spiro atoms. The molecule has 0 N–H and O–H groups in total. The predicted octanol–water partition coefficient (Wildman–Crippen LogP) is 5.88. The Morgan fingerprint density at radius 2 is 1.30 bits per heavy atom. The van der Waals surface area contributed by atoms with E-state index in [9.17, 15) is 14.4 Å². The monoisotopic (exact) mass is 454 g/mol. The highest BCUT2D eigenvalue weighted by Gasteiger charge is 2.14. The zero-order valence-corrected chi connectivity index (χ0v) is 18.7. The van der Waals surface area contributed by atoms with E-state index in [1.807, 2.05) is 0 Å². The van der Waals surface area contributed by atoms with Crippen LogP contribution in [0.3, 0.4) is 0 Å². The van der Waals surface area contributed by atoms with Crippen LogP contribution in [-0.2, 0) is 14.3 Å². The quantitative estimate of drug-likeness (QED) is 0.116. The summed E-state index contributed by atoms with van der Waals surface area (Å²) in [6.45, 7) is 4.41. The van der Waals surface area contributed by atoms with Gasteiger partial charge in [0.2, 0.25) is 0 Å². The standard InChI is InChI=1S/C26H30O7/c1-2-24(27)31-20-12-7-5-3-4-6-11-19-30-22-15-17-23(18-16-22)32-26(29)33-25(28)21-13-9-8-10-14-21/h2,8-10,13-18H,1,3-7,11-12,19-20H2. The number of unbranched alkanes of at least 4 members (excludes halogenated alkanes) is 6. The van der Waals surface area contributed by atoms with Gasteiger partial charge in [-0.15, -0.1) is 0 Å². The minimum atomic E-state index is -1.09. The largest absolute Gasteiger partial charge is 0.521 e. The average molecular weight is 455 g/mol. The van der Waals surface area contributed by atoms with Gasteiger partial charge in [-0.05, 0) is 49.2 Å². The van der Waals surface area contributed by atoms with E-state index in [0.29, 0.717) is 19.0 Å². The average Bonchev–Trinajstić information content (AvgIpc) is 2.83. The third-order valence-electron chi connectivity index (χ3n) is 4.68. The van der Waals surface area contributed by atoms with Gasteiger partial charge in [0.05, 0.1) is 18.8 Å². The first kappa shape index (κ1) is 25.6. The fourth-order valence-corrected chi connectivity index (χ4v) is 2.94. The highest BCUT2D eigenvalue weighted by Crippen LogP contribution is 2.19. The van der Waals surface area contributed by atoms with Gasteiger partial charge < -0.3 is 18.9 Å². The molecule has 0 unspecified atom stereocenters. The molecule has 7 nitrogen and oxygen atoms in total. The van der Waals surface area contributed by atoms with Crippen molar-refractivity contribution in [2.75, 3.05) is 13.2 Å². The van der Waals surface area contributed by atoms with Crippen molar-refractivity contribution >= 4 is 18.1 Å². The molecule has 0 atom stereocenters. The van der Waals surface area contributed by atoms with E-state index in [4.69, 9.17) is 14.2 Å².